The first-order chi connectivity index (χ1) is 17.8. The smallest absolute Gasteiger partial charge is 0.0361 e. The van der Waals surface area contributed by atoms with Gasteiger partial charge in [0.15, 0.2) is 0 Å². The van der Waals surface area contributed by atoms with Gasteiger partial charge in [-0.3, -0.25) is 4.99 Å². The summed E-state index contributed by atoms with van der Waals surface area (Å²) >= 11 is 0. The predicted molar refractivity (Wildman–Crippen MR) is 156 cm³/mol. The maximum Gasteiger partial charge on any atom is 0.0361 e. The van der Waals surface area contributed by atoms with E-state index in [0.717, 1.165) is 6.54 Å². The highest BCUT2D eigenvalue weighted by atomic mass is 14.7. The summed E-state index contributed by atoms with van der Waals surface area (Å²) in [5.74, 6) is 0. The lowest BCUT2D eigenvalue weighted by atomic mass is 9.83. The van der Waals surface area contributed by atoms with Crippen molar-refractivity contribution in [1.29, 1.82) is 0 Å². The Balaban J connectivity index is 1.87. The molecule has 6 rings (SSSR count). The largest absolute Gasteiger partial charge is 0.293 e. The Bertz CT molecular complexity index is 1680. The fourth-order valence-electron chi connectivity index (χ4n) is 5.21. The second-order valence-electron chi connectivity index (χ2n) is 9.01. The normalized spacial score (nSPS) is 11.5. The Morgan fingerprint density at radius 2 is 1.08 bits per heavy atom. The van der Waals surface area contributed by atoms with Gasteiger partial charge in [-0.2, -0.15) is 0 Å². The highest BCUT2D eigenvalue weighted by molar-refractivity contribution is 6.25. The zero-order chi connectivity index (χ0) is 24.3. The molecular formula is C35H27N. The molecule has 0 spiro atoms. The van der Waals surface area contributed by atoms with E-state index >= 15 is 0 Å². The van der Waals surface area contributed by atoms with E-state index in [-0.39, 0.29) is 0 Å². The summed E-state index contributed by atoms with van der Waals surface area (Å²) in [5, 5.41) is 5.01. The van der Waals surface area contributed by atoms with Gasteiger partial charge in [0, 0.05) is 18.3 Å². The first-order valence-electron chi connectivity index (χ1n) is 12.5. The number of rotatable bonds is 5. The zero-order valence-electron chi connectivity index (χ0n) is 20.4. The summed E-state index contributed by atoms with van der Waals surface area (Å²) in [6.45, 7) is 2.84. The van der Waals surface area contributed by atoms with Gasteiger partial charge in [0.25, 0.3) is 0 Å². The first-order valence-corrected chi connectivity index (χ1v) is 12.5. The van der Waals surface area contributed by atoms with Crippen LogP contribution in [0.4, 0.5) is 0 Å². The van der Waals surface area contributed by atoms with Crippen LogP contribution in [0.5, 0.6) is 0 Å². The summed E-state index contributed by atoms with van der Waals surface area (Å²) in [6.07, 6.45) is 2.07. The minimum Gasteiger partial charge on any atom is -0.293 e. The van der Waals surface area contributed by atoms with Crippen molar-refractivity contribution in [2.45, 2.75) is 6.92 Å². The second kappa shape index (κ2) is 9.64. The summed E-state index contributed by atoms with van der Waals surface area (Å²) < 4.78 is 0. The summed E-state index contributed by atoms with van der Waals surface area (Å²) in [5.41, 5.74) is 8.51. The van der Waals surface area contributed by atoms with Crippen molar-refractivity contribution in [3.8, 4) is 33.4 Å². The molecule has 0 fully saturated rings. The zero-order valence-corrected chi connectivity index (χ0v) is 20.4. The standard InChI is InChI=1S/C35H27N/c1-2-36-24-33-30-21-13-12-20-29(30)32-23-28(25-14-6-3-7-15-25)22-31(26-16-8-4-9-17-26)35(32)34(33)27-18-10-5-11-19-27/h3-24H,2H2,1H3. The third-order valence-electron chi connectivity index (χ3n) is 6.82. The molecule has 36 heavy (non-hydrogen) atoms. The average molecular weight is 462 g/mol. The number of hydrogen-bond donors (Lipinski definition) is 0. The van der Waals surface area contributed by atoms with Gasteiger partial charge in [-0.15, -0.1) is 0 Å². The molecular weight excluding hydrogens is 434 g/mol. The number of aliphatic imine (C=N–C) groups is 1. The number of nitrogens with zero attached hydrogens (tertiary/aromatic N) is 1. The minimum absolute atomic E-state index is 0.749. The van der Waals surface area contributed by atoms with Crippen LogP contribution < -0.4 is 0 Å². The highest BCUT2D eigenvalue weighted by Gasteiger charge is 2.19. The molecule has 0 amide bonds. The van der Waals surface area contributed by atoms with Gasteiger partial charge in [0.1, 0.15) is 0 Å². The van der Waals surface area contributed by atoms with Crippen molar-refractivity contribution in [3.63, 3.8) is 0 Å². The van der Waals surface area contributed by atoms with Crippen LogP contribution in [0.2, 0.25) is 0 Å². The van der Waals surface area contributed by atoms with Crippen molar-refractivity contribution < 1.29 is 0 Å². The Morgan fingerprint density at radius 3 is 1.72 bits per heavy atom. The molecule has 0 aliphatic heterocycles. The molecule has 0 unspecified atom stereocenters. The van der Waals surface area contributed by atoms with Crippen LogP contribution in [0.25, 0.3) is 54.9 Å². The van der Waals surface area contributed by atoms with Crippen LogP contribution in [-0.4, -0.2) is 12.8 Å². The monoisotopic (exact) mass is 461 g/mol. The van der Waals surface area contributed by atoms with Crippen molar-refractivity contribution >= 4 is 27.8 Å². The van der Waals surface area contributed by atoms with Crippen molar-refractivity contribution in [1.82, 2.24) is 0 Å². The number of benzene rings is 6. The lowest BCUT2D eigenvalue weighted by Gasteiger charge is -2.20. The predicted octanol–water partition coefficient (Wildman–Crippen LogP) is 9.43. The van der Waals surface area contributed by atoms with Gasteiger partial charge in [-0.25, -0.2) is 0 Å². The van der Waals surface area contributed by atoms with Gasteiger partial charge in [0.2, 0.25) is 0 Å². The second-order valence-corrected chi connectivity index (χ2v) is 9.01. The van der Waals surface area contributed by atoms with Crippen LogP contribution in [0.1, 0.15) is 12.5 Å². The molecule has 0 radical (unpaired) electrons. The van der Waals surface area contributed by atoms with Gasteiger partial charge >= 0.3 is 0 Å². The van der Waals surface area contributed by atoms with E-state index in [9.17, 15) is 0 Å². The lowest BCUT2D eigenvalue weighted by Crippen LogP contribution is -1.97. The molecule has 0 aliphatic carbocycles. The van der Waals surface area contributed by atoms with Crippen LogP contribution >= 0.6 is 0 Å². The molecule has 0 N–H and O–H groups in total. The van der Waals surface area contributed by atoms with Crippen LogP contribution in [0, 0.1) is 0 Å². The third-order valence-corrected chi connectivity index (χ3v) is 6.82. The topological polar surface area (TPSA) is 12.4 Å². The summed E-state index contributed by atoms with van der Waals surface area (Å²) in [4.78, 5) is 4.73. The van der Waals surface area contributed by atoms with Crippen molar-refractivity contribution in [3.05, 3.63) is 133 Å². The molecule has 0 aromatic heterocycles. The Morgan fingerprint density at radius 1 is 0.528 bits per heavy atom. The SMILES string of the molecule is CCN=Cc1c(-c2ccccc2)c2c(-c3ccccc3)cc(-c3ccccc3)cc2c2ccccc12. The quantitative estimate of drug-likeness (QED) is 0.179. The minimum atomic E-state index is 0.749. The maximum atomic E-state index is 4.73. The van der Waals surface area contributed by atoms with Crippen LogP contribution in [0.3, 0.4) is 0 Å². The molecule has 1 nitrogen and oxygen atoms in total. The molecule has 0 bridgehead atoms. The molecule has 6 aromatic rings. The first kappa shape index (κ1) is 22.0. The summed E-state index contributed by atoms with van der Waals surface area (Å²) in [7, 11) is 0. The van der Waals surface area contributed by atoms with E-state index in [2.05, 4.69) is 141 Å². The van der Waals surface area contributed by atoms with Gasteiger partial charge < -0.3 is 0 Å². The molecule has 1 heteroatoms. The molecule has 0 heterocycles. The van der Waals surface area contributed by atoms with E-state index in [1.54, 1.807) is 0 Å². The van der Waals surface area contributed by atoms with E-state index in [1.165, 1.54) is 60.5 Å². The summed E-state index contributed by atoms with van der Waals surface area (Å²) in [6, 6.07) is 45.7. The fraction of sp³-hybridized carbons (Fsp3) is 0.0571. The van der Waals surface area contributed by atoms with Crippen molar-refractivity contribution in [2.75, 3.05) is 6.54 Å². The molecule has 0 saturated carbocycles. The molecule has 6 aromatic carbocycles. The molecule has 172 valence electrons. The van der Waals surface area contributed by atoms with Gasteiger partial charge in [-0.1, -0.05) is 115 Å². The molecule has 0 atom stereocenters. The van der Waals surface area contributed by atoms with E-state index in [4.69, 9.17) is 4.99 Å². The Hall–Kier alpha value is -4.49. The highest BCUT2D eigenvalue weighted by Crippen LogP contribution is 2.45. The van der Waals surface area contributed by atoms with Gasteiger partial charge in [0.05, 0.1) is 0 Å². The average Bonchev–Trinajstić information content (AvgIpc) is 2.96. The van der Waals surface area contributed by atoms with Crippen LogP contribution in [0.15, 0.2) is 132 Å². The molecule has 0 saturated heterocycles. The number of hydrogen-bond acceptors (Lipinski definition) is 1. The van der Waals surface area contributed by atoms with Crippen molar-refractivity contribution in [2.24, 2.45) is 4.99 Å². The van der Waals surface area contributed by atoms with E-state index in [1.807, 2.05) is 0 Å². The third kappa shape index (κ3) is 3.89. The Labute approximate surface area is 212 Å². The van der Waals surface area contributed by atoms with E-state index in [0.29, 0.717) is 0 Å². The Kier molecular flexibility index (Phi) is 5.89. The fourth-order valence-corrected chi connectivity index (χ4v) is 5.21. The molecule has 0 aliphatic rings. The lowest BCUT2D eigenvalue weighted by molar-refractivity contribution is 1.14. The van der Waals surface area contributed by atoms with Gasteiger partial charge in [-0.05, 0) is 74.0 Å². The van der Waals surface area contributed by atoms with Crippen LogP contribution in [-0.2, 0) is 0 Å². The number of fused-ring (bicyclic) bond motifs is 3. The van der Waals surface area contributed by atoms with E-state index < -0.39 is 0 Å². The maximum absolute atomic E-state index is 4.73.